The summed E-state index contributed by atoms with van der Waals surface area (Å²) >= 11 is 0. The van der Waals surface area contributed by atoms with Crippen LogP contribution in [-0.2, 0) is 33.6 Å². The van der Waals surface area contributed by atoms with Crippen molar-refractivity contribution in [2.24, 2.45) is 11.8 Å². The Bertz CT molecular complexity index is 1080. The van der Waals surface area contributed by atoms with Gasteiger partial charge in [-0.2, -0.15) is 0 Å². The molecule has 3 atom stereocenters. The number of amides is 2. The van der Waals surface area contributed by atoms with Crippen LogP contribution in [0, 0.1) is 11.8 Å². The first-order valence-corrected chi connectivity index (χ1v) is 13.1. The number of aromatic nitrogens is 2. The topological polar surface area (TPSA) is 104 Å². The Morgan fingerprint density at radius 1 is 0.919 bits per heavy atom. The Labute approximate surface area is 219 Å². The predicted octanol–water partition coefficient (Wildman–Crippen LogP) is 4.05. The second-order valence-corrected chi connectivity index (χ2v) is 9.97. The molecule has 37 heavy (non-hydrogen) atoms. The third-order valence-corrected chi connectivity index (χ3v) is 6.37. The van der Waals surface area contributed by atoms with E-state index in [0.717, 1.165) is 24.7 Å². The molecule has 3 rings (SSSR count). The zero-order chi connectivity index (χ0) is 26.5. The van der Waals surface area contributed by atoms with Crippen molar-refractivity contribution in [3.8, 4) is 0 Å². The van der Waals surface area contributed by atoms with Gasteiger partial charge >= 0.3 is 0 Å². The van der Waals surface area contributed by atoms with E-state index in [1.807, 2.05) is 62.4 Å². The minimum absolute atomic E-state index is 0.167. The molecule has 0 fully saturated rings. The molecule has 0 bridgehead atoms. The third kappa shape index (κ3) is 9.67. The lowest BCUT2D eigenvalue weighted by Crippen LogP contribution is -2.52. The van der Waals surface area contributed by atoms with E-state index >= 15 is 0 Å². The summed E-state index contributed by atoms with van der Waals surface area (Å²) in [7, 11) is 0. The number of carbonyl (C=O) groups excluding carboxylic acids is 3. The Balaban J connectivity index is 1.72. The molecule has 0 aliphatic heterocycles. The zero-order valence-corrected chi connectivity index (χ0v) is 21.7. The summed E-state index contributed by atoms with van der Waals surface area (Å²) in [5, 5.41) is 5.80. The number of nitrogens with one attached hydrogen (secondary N) is 3. The second-order valence-electron chi connectivity index (χ2n) is 9.97. The molecule has 3 aromatic rings. The maximum absolute atomic E-state index is 13.6. The molecule has 7 nitrogen and oxygen atoms in total. The largest absolute Gasteiger partial charge is 0.351 e. The van der Waals surface area contributed by atoms with E-state index in [-0.39, 0.29) is 30.1 Å². The van der Waals surface area contributed by atoms with Crippen LogP contribution < -0.4 is 10.6 Å². The number of carbonyl (C=O) groups is 3. The third-order valence-electron chi connectivity index (χ3n) is 6.37. The number of imidazole rings is 1. The fourth-order valence-electron chi connectivity index (χ4n) is 4.47. The van der Waals surface area contributed by atoms with Crippen LogP contribution in [-0.4, -0.2) is 40.2 Å². The average molecular weight is 503 g/mol. The monoisotopic (exact) mass is 502 g/mol. The highest BCUT2D eigenvalue weighted by molar-refractivity contribution is 5.90. The number of benzene rings is 2. The van der Waals surface area contributed by atoms with E-state index in [1.54, 1.807) is 12.5 Å². The summed E-state index contributed by atoms with van der Waals surface area (Å²) in [6, 6.07) is 18.7. The van der Waals surface area contributed by atoms with Gasteiger partial charge in [-0.15, -0.1) is 0 Å². The SMILES string of the molecule is CC(C)C[C@@H](C=O)NC(=O)[C@H](Cc1c[nH]cn1)NC(=O)C(CCCc1ccccc1)Cc1ccccc1. The number of nitrogens with zero attached hydrogens (tertiary/aromatic N) is 1. The van der Waals surface area contributed by atoms with Crippen LogP contribution in [0.15, 0.2) is 73.2 Å². The Kier molecular flexibility index (Phi) is 11.1. The van der Waals surface area contributed by atoms with Crippen LogP contribution in [0.2, 0.25) is 0 Å². The summed E-state index contributed by atoms with van der Waals surface area (Å²) in [5.41, 5.74) is 2.98. The maximum Gasteiger partial charge on any atom is 0.243 e. The summed E-state index contributed by atoms with van der Waals surface area (Å²) in [6.45, 7) is 3.99. The molecule has 0 spiro atoms. The Hall–Kier alpha value is -3.74. The highest BCUT2D eigenvalue weighted by Gasteiger charge is 2.28. The van der Waals surface area contributed by atoms with Gasteiger partial charge in [0.2, 0.25) is 11.8 Å². The van der Waals surface area contributed by atoms with Crippen molar-refractivity contribution < 1.29 is 14.4 Å². The highest BCUT2D eigenvalue weighted by atomic mass is 16.2. The van der Waals surface area contributed by atoms with Crippen molar-refractivity contribution in [1.82, 2.24) is 20.6 Å². The van der Waals surface area contributed by atoms with Gasteiger partial charge in [0.25, 0.3) is 0 Å². The van der Waals surface area contributed by atoms with Crippen LogP contribution in [0.4, 0.5) is 0 Å². The average Bonchev–Trinajstić information content (AvgIpc) is 3.41. The maximum atomic E-state index is 13.6. The van der Waals surface area contributed by atoms with Crippen molar-refractivity contribution in [3.63, 3.8) is 0 Å². The van der Waals surface area contributed by atoms with E-state index in [0.29, 0.717) is 25.0 Å². The van der Waals surface area contributed by atoms with Gasteiger partial charge < -0.3 is 20.4 Å². The molecule has 1 aromatic heterocycles. The fourth-order valence-corrected chi connectivity index (χ4v) is 4.47. The van der Waals surface area contributed by atoms with E-state index in [2.05, 4.69) is 32.7 Å². The number of aromatic amines is 1. The molecular weight excluding hydrogens is 464 g/mol. The molecule has 196 valence electrons. The summed E-state index contributed by atoms with van der Waals surface area (Å²) < 4.78 is 0. The van der Waals surface area contributed by atoms with Crippen LogP contribution in [0.3, 0.4) is 0 Å². The number of rotatable bonds is 15. The normalized spacial score (nSPS) is 13.5. The quantitative estimate of drug-likeness (QED) is 0.273. The first-order valence-electron chi connectivity index (χ1n) is 13.1. The smallest absolute Gasteiger partial charge is 0.243 e. The number of hydrogen-bond acceptors (Lipinski definition) is 4. The number of aryl methyl sites for hydroxylation is 1. The molecule has 7 heteroatoms. The molecule has 0 saturated heterocycles. The molecule has 0 saturated carbocycles. The lowest BCUT2D eigenvalue weighted by Gasteiger charge is -2.24. The van der Waals surface area contributed by atoms with Gasteiger partial charge in [0.15, 0.2) is 0 Å². The number of aldehydes is 1. The van der Waals surface area contributed by atoms with Gasteiger partial charge in [0.05, 0.1) is 18.1 Å². The Morgan fingerprint density at radius 3 is 2.19 bits per heavy atom. The zero-order valence-electron chi connectivity index (χ0n) is 21.7. The first kappa shape index (κ1) is 27.8. The first-order chi connectivity index (χ1) is 17.9. The molecule has 0 radical (unpaired) electrons. The van der Waals surface area contributed by atoms with E-state index in [1.165, 1.54) is 5.56 Å². The van der Waals surface area contributed by atoms with Crippen LogP contribution >= 0.6 is 0 Å². The van der Waals surface area contributed by atoms with Crippen LogP contribution in [0.5, 0.6) is 0 Å². The van der Waals surface area contributed by atoms with Gasteiger partial charge in [0.1, 0.15) is 12.3 Å². The highest BCUT2D eigenvalue weighted by Crippen LogP contribution is 2.18. The van der Waals surface area contributed by atoms with Crippen molar-refractivity contribution in [3.05, 3.63) is 90.0 Å². The molecular formula is C30H38N4O3. The summed E-state index contributed by atoms with van der Waals surface area (Å²) in [6.07, 6.45) is 7.79. The molecule has 1 unspecified atom stereocenters. The summed E-state index contributed by atoms with van der Waals surface area (Å²) in [4.78, 5) is 45.5. The van der Waals surface area contributed by atoms with E-state index in [4.69, 9.17) is 0 Å². The molecule has 2 aromatic carbocycles. The van der Waals surface area contributed by atoms with Gasteiger partial charge in [0, 0.05) is 18.5 Å². The van der Waals surface area contributed by atoms with E-state index in [9.17, 15) is 14.4 Å². The van der Waals surface area contributed by atoms with Crippen molar-refractivity contribution in [1.29, 1.82) is 0 Å². The fraction of sp³-hybridized carbons (Fsp3) is 0.400. The molecule has 0 aliphatic rings. The van der Waals surface area contributed by atoms with Crippen LogP contribution in [0.1, 0.15) is 49.9 Å². The molecule has 2 amide bonds. The van der Waals surface area contributed by atoms with Crippen molar-refractivity contribution in [2.45, 2.75) is 64.5 Å². The number of H-pyrrole nitrogens is 1. The minimum atomic E-state index is -0.835. The minimum Gasteiger partial charge on any atom is -0.351 e. The van der Waals surface area contributed by atoms with Crippen molar-refractivity contribution >= 4 is 18.1 Å². The van der Waals surface area contributed by atoms with Gasteiger partial charge in [-0.1, -0.05) is 74.5 Å². The van der Waals surface area contributed by atoms with Crippen LogP contribution in [0.25, 0.3) is 0 Å². The standard InChI is InChI=1S/C30H38N4O3/c1-22(2)16-27(20-35)33-30(37)28(18-26-19-31-21-32-26)34-29(36)25(17-24-12-7-4-8-13-24)15-9-14-23-10-5-3-6-11-23/h3-8,10-13,19-22,25,27-28H,9,14-18H2,1-2H3,(H,31,32)(H,33,37)(H,34,36)/t25?,27-,28-/m0/s1. The van der Waals surface area contributed by atoms with Gasteiger partial charge in [-0.05, 0) is 49.1 Å². The Morgan fingerprint density at radius 2 is 1.59 bits per heavy atom. The molecule has 0 aliphatic carbocycles. The molecule has 3 N–H and O–H groups in total. The second kappa shape index (κ2) is 14.7. The van der Waals surface area contributed by atoms with Gasteiger partial charge in [-0.25, -0.2) is 4.98 Å². The van der Waals surface area contributed by atoms with Crippen molar-refractivity contribution in [2.75, 3.05) is 0 Å². The summed E-state index contributed by atoms with van der Waals surface area (Å²) in [5.74, 6) is -0.594. The predicted molar refractivity (Wildman–Crippen MR) is 145 cm³/mol. The molecule has 1 heterocycles. The number of hydrogen-bond donors (Lipinski definition) is 3. The lowest BCUT2D eigenvalue weighted by molar-refractivity contribution is -0.132. The lowest BCUT2D eigenvalue weighted by atomic mass is 9.91. The van der Waals surface area contributed by atoms with Gasteiger partial charge in [-0.3, -0.25) is 9.59 Å². The van der Waals surface area contributed by atoms with E-state index < -0.39 is 12.1 Å².